The van der Waals surface area contributed by atoms with Gasteiger partial charge in [0, 0.05) is 38.0 Å². The highest BCUT2D eigenvalue weighted by Gasteiger charge is 2.43. The van der Waals surface area contributed by atoms with Crippen molar-refractivity contribution in [1.29, 1.82) is 0 Å². The third-order valence-electron chi connectivity index (χ3n) is 9.63. The Kier molecular flexibility index (Phi) is 7.34. The summed E-state index contributed by atoms with van der Waals surface area (Å²) in [6.07, 6.45) is 9.75. The minimum absolute atomic E-state index is 0.00285. The number of benzene rings is 2. The van der Waals surface area contributed by atoms with Gasteiger partial charge in [0.05, 0.1) is 24.0 Å². The Hall–Kier alpha value is -2.96. The summed E-state index contributed by atoms with van der Waals surface area (Å²) in [6, 6.07) is 16.1. The number of halogens is 1. The number of rotatable bonds is 5. The molecule has 0 bridgehead atoms. The van der Waals surface area contributed by atoms with E-state index in [0.717, 1.165) is 63.5 Å². The lowest BCUT2D eigenvalue weighted by atomic mass is 9.64. The average Bonchev–Trinajstić information content (AvgIpc) is 2.98. The van der Waals surface area contributed by atoms with Crippen molar-refractivity contribution in [2.45, 2.75) is 62.1 Å². The molecule has 2 aromatic rings. The monoisotopic (exact) mass is 531 g/mol. The molecule has 0 aromatic heterocycles. The summed E-state index contributed by atoms with van der Waals surface area (Å²) in [5, 5.41) is 10.2. The van der Waals surface area contributed by atoms with Crippen LogP contribution in [0.4, 0.5) is 4.39 Å². The number of phenols is 1. The molecular weight excluding hydrogens is 493 g/mol. The lowest BCUT2D eigenvalue weighted by Crippen LogP contribution is -2.49. The molecular formula is C33H38FNO4. The zero-order valence-electron chi connectivity index (χ0n) is 22.6. The number of aldehydes is 1. The first-order chi connectivity index (χ1) is 19.0. The van der Waals surface area contributed by atoms with E-state index in [0.29, 0.717) is 12.3 Å². The van der Waals surface area contributed by atoms with Crippen LogP contribution in [0, 0.1) is 11.8 Å². The number of methoxy groups -OCH3 is 1. The number of aryl methyl sites for hydroxylation is 1. The van der Waals surface area contributed by atoms with Crippen molar-refractivity contribution >= 4 is 6.29 Å². The second-order valence-electron chi connectivity index (χ2n) is 11.7. The molecule has 1 spiro atoms. The lowest BCUT2D eigenvalue weighted by molar-refractivity contribution is -0.138. The van der Waals surface area contributed by atoms with Crippen LogP contribution in [0.5, 0.6) is 5.75 Å². The molecule has 0 saturated carbocycles. The predicted molar refractivity (Wildman–Crippen MR) is 148 cm³/mol. The van der Waals surface area contributed by atoms with Crippen LogP contribution in [-0.4, -0.2) is 54.8 Å². The number of allylic oxidation sites excluding steroid dienone is 1. The predicted octanol–water partition coefficient (Wildman–Crippen LogP) is 6.05. The van der Waals surface area contributed by atoms with Gasteiger partial charge in [0.1, 0.15) is 17.9 Å². The van der Waals surface area contributed by atoms with Crippen molar-refractivity contribution in [2.24, 2.45) is 11.8 Å². The van der Waals surface area contributed by atoms with Crippen molar-refractivity contribution < 1.29 is 23.8 Å². The Morgan fingerprint density at radius 1 is 1.08 bits per heavy atom. The van der Waals surface area contributed by atoms with E-state index < -0.39 is 0 Å². The molecule has 2 aliphatic carbocycles. The van der Waals surface area contributed by atoms with Gasteiger partial charge < -0.3 is 24.3 Å². The van der Waals surface area contributed by atoms with E-state index in [2.05, 4.69) is 29.2 Å². The molecule has 1 N–H and O–H groups in total. The summed E-state index contributed by atoms with van der Waals surface area (Å²) in [5.41, 5.74) is 3.99. The minimum Gasteiger partial charge on any atom is -0.508 e. The summed E-state index contributed by atoms with van der Waals surface area (Å²) in [5.74, 6) is 0.156. The van der Waals surface area contributed by atoms with Crippen LogP contribution in [-0.2, 0) is 20.7 Å². The van der Waals surface area contributed by atoms with E-state index in [1.54, 1.807) is 19.3 Å². The van der Waals surface area contributed by atoms with Crippen molar-refractivity contribution in [3.05, 3.63) is 88.9 Å². The third kappa shape index (κ3) is 5.05. The van der Waals surface area contributed by atoms with Crippen LogP contribution >= 0.6 is 0 Å². The van der Waals surface area contributed by atoms with Gasteiger partial charge in [-0.05, 0) is 85.4 Å². The zero-order chi connectivity index (χ0) is 27.0. The van der Waals surface area contributed by atoms with E-state index in [1.165, 1.54) is 11.1 Å². The van der Waals surface area contributed by atoms with Gasteiger partial charge in [-0.2, -0.15) is 0 Å². The molecule has 2 saturated heterocycles. The average molecular weight is 532 g/mol. The van der Waals surface area contributed by atoms with Crippen LogP contribution in [0.2, 0.25) is 0 Å². The molecule has 3 unspecified atom stereocenters. The molecule has 2 aromatic carbocycles. The number of hydrogen-bond donors (Lipinski definition) is 1. The Labute approximate surface area is 230 Å². The van der Waals surface area contributed by atoms with Crippen molar-refractivity contribution in [2.75, 3.05) is 26.8 Å². The highest BCUT2D eigenvalue weighted by atomic mass is 19.1. The number of ether oxygens (including phenoxy) is 2. The van der Waals surface area contributed by atoms with E-state index in [4.69, 9.17) is 9.47 Å². The Balaban J connectivity index is 1.26. The number of hydrogen-bond acceptors (Lipinski definition) is 5. The standard InChI is InChI=1S/C33H38FNO4/c1-38-31-19-30(35-15-13-33(14-16-35)12-11-22(20-36)21-39-33)29(34)18-28(31)32-26(23-5-3-2-4-6-23)9-7-24-17-25(37)8-10-27(24)32/h2-6,8,10,17-20,22,26,28,31-32,37H,7,9,11-16,21H2,1H3/t22?,26-,28?,31?,32+/m1/s1. The molecule has 39 heavy (non-hydrogen) atoms. The molecule has 5 nitrogen and oxygen atoms in total. The third-order valence-corrected chi connectivity index (χ3v) is 9.63. The number of likely N-dealkylation sites (tertiary alicyclic amines) is 1. The van der Waals surface area contributed by atoms with E-state index in [9.17, 15) is 9.90 Å². The van der Waals surface area contributed by atoms with Gasteiger partial charge >= 0.3 is 0 Å². The number of aromatic hydroxyl groups is 1. The summed E-state index contributed by atoms with van der Waals surface area (Å²) in [7, 11) is 1.71. The molecule has 4 aliphatic rings. The highest BCUT2D eigenvalue weighted by molar-refractivity contribution is 5.53. The van der Waals surface area contributed by atoms with Crippen molar-refractivity contribution in [1.82, 2.24) is 4.90 Å². The van der Waals surface area contributed by atoms with Gasteiger partial charge in [-0.1, -0.05) is 36.4 Å². The Bertz CT molecular complexity index is 1240. The molecule has 5 atom stereocenters. The molecule has 6 heteroatoms. The first-order valence-electron chi connectivity index (χ1n) is 14.3. The zero-order valence-corrected chi connectivity index (χ0v) is 22.6. The maximum absolute atomic E-state index is 16.0. The van der Waals surface area contributed by atoms with Crippen molar-refractivity contribution in [3.8, 4) is 5.75 Å². The van der Waals surface area contributed by atoms with Gasteiger partial charge in [0.25, 0.3) is 0 Å². The molecule has 2 heterocycles. The first kappa shape index (κ1) is 26.3. The SMILES string of the molecule is COC1C=C(N2CCC3(CCC(C=O)CO3)CC2)C(F)=CC1[C@@H]1c2ccc(O)cc2CC[C@@H]1c1ccccc1. The fraction of sp³-hybridized carbons (Fsp3) is 0.485. The van der Waals surface area contributed by atoms with Gasteiger partial charge in [0.15, 0.2) is 0 Å². The Morgan fingerprint density at radius 2 is 1.87 bits per heavy atom. The van der Waals surface area contributed by atoms with Crippen LogP contribution < -0.4 is 0 Å². The van der Waals surface area contributed by atoms with Gasteiger partial charge in [-0.15, -0.1) is 0 Å². The summed E-state index contributed by atoms with van der Waals surface area (Å²) < 4.78 is 28.3. The number of fused-ring (bicyclic) bond motifs is 1. The van der Waals surface area contributed by atoms with Crippen molar-refractivity contribution in [3.63, 3.8) is 0 Å². The van der Waals surface area contributed by atoms with E-state index in [1.807, 2.05) is 24.3 Å². The second kappa shape index (κ2) is 10.9. The van der Waals surface area contributed by atoms with Crippen LogP contribution in [0.25, 0.3) is 0 Å². The largest absolute Gasteiger partial charge is 0.508 e. The maximum Gasteiger partial charge on any atom is 0.142 e. The molecule has 2 fully saturated rings. The fourth-order valence-corrected chi connectivity index (χ4v) is 7.42. The highest BCUT2D eigenvalue weighted by Crippen LogP contribution is 2.51. The summed E-state index contributed by atoms with van der Waals surface area (Å²) >= 11 is 0. The van der Waals surface area contributed by atoms with E-state index >= 15 is 4.39 Å². The quantitative estimate of drug-likeness (QED) is 0.476. The molecule has 0 amide bonds. The Morgan fingerprint density at radius 3 is 2.56 bits per heavy atom. The number of carbonyl (C=O) groups excluding carboxylic acids is 1. The topological polar surface area (TPSA) is 59.0 Å². The number of phenolic OH excluding ortho intramolecular Hbond substituents is 1. The van der Waals surface area contributed by atoms with Crippen LogP contribution in [0.1, 0.15) is 60.6 Å². The minimum atomic E-state index is -0.273. The maximum atomic E-state index is 16.0. The molecule has 206 valence electrons. The number of carbonyl (C=O) groups is 1. The molecule has 2 aliphatic heterocycles. The van der Waals surface area contributed by atoms with E-state index in [-0.39, 0.29) is 47.0 Å². The second-order valence-corrected chi connectivity index (χ2v) is 11.7. The lowest BCUT2D eigenvalue weighted by Gasteiger charge is -2.47. The number of nitrogens with zero attached hydrogens (tertiary/aromatic N) is 1. The normalized spacial score (nSPS) is 30.3. The number of piperidine rings is 1. The summed E-state index contributed by atoms with van der Waals surface area (Å²) in [4.78, 5) is 13.3. The van der Waals surface area contributed by atoms with Gasteiger partial charge in [-0.3, -0.25) is 0 Å². The van der Waals surface area contributed by atoms with Gasteiger partial charge in [-0.25, -0.2) is 4.39 Å². The van der Waals surface area contributed by atoms with Crippen LogP contribution in [0.15, 0.2) is 72.2 Å². The fourth-order valence-electron chi connectivity index (χ4n) is 7.42. The van der Waals surface area contributed by atoms with Crippen LogP contribution in [0.3, 0.4) is 0 Å². The molecule has 0 radical (unpaired) electrons. The summed E-state index contributed by atoms with van der Waals surface area (Å²) in [6.45, 7) is 1.94. The first-order valence-corrected chi connectivity index (χ1v) is 14.3. The molecule has 6 rings (SSSR count). The smallest absolute Gasteiger partial charge is 0.142 e. The van der Waals surface area contributed by atoms with Gasteiger partial charge in [0.2, 0.25) is 0 Å².